The first-order valence-electron chi connectivity index (χ1n) is 4.51. The third-order valence-electron chi connectivity index (χ3n) is 3.57. The third kappa shape index (κ3) is 0.993. The highest BCUT2D eigenvalue weighted by Gasteiger charge is 2.77. The van der Waals surface area contributed by atoms with Crippen molar-refractivity contribution in [3.8, 4) is 0 Å². The molecular formula is C10H12Cl4. The normalized spacial score (nSPS) is 39.4. The standard InChI is InChI=1S/C10H12Cl4/c1-7(2)5(9(7,11)12)6-8(3,4)10(6,13)14/h1-4H3/b6-5-. The van der Waals surface area contributed by atoms with Gasteiger partial charge >= 0.3 is 0 Å². The van der Waals surface area contributed by atoms with Crippen molar-refractivity contribution in [2.45, 2.75) is 36.4 Å². The van der Waals surface area contributed by atoms with E-state index in [0.29, 0.717) is 0 Å². The van der Waals surface area contributed by atoms with Crippen LogP contribution in [-0.2, 0) is 0 Å². The monoisotopic (exact) mass is 272 g/mol. The van der Waals surface area contributed by atoms with E-state index < -0.39 is 8.67 Å². The van der Waals surface area contributed by atoms with Gasteiger partial charge in [-0.05, 0) is 11.1 Å². The Hall–Kier alpha value is 0.900. The first-order chi connectivity index (χ1) is 5.99. The highest BCUT2D eigenvalue weighted by Crippen LogP contribution is 2.80. The smallest absolute Gasteiger partial charge is 0.0957 e. The number of alkyl halides is 4. The van der Waals surface area contributed by atoms with E-state index in [4.69, 9.17) is 46.4 Å². The summed E-state index contributed by atoms with van der Waals surface area (Å²) < 4.78 is -1.57. The van der Waals surface area contributed by atoms with Crippen molar-refractivity contribution >= 4 is 46.4 Å². The molecule has 0 aromatic heterocycles. The third-order valence-corrected chi connectivity index (χ3v) is 6.22. The maximum atomic E-state index is 6.18. The summed E-state index contributed by atoms with van der Waals surface area (Å²) in [4.78, 5) is 0. The lowest BCUT2D eigenvalue weighted by Gasteiger charge is -1.97. The van der Waals surface area contributed by atoms with Crippen LogP contribution in [0.25, 0.3) is 0 Å². The van der Waals surface area contributed by atoms with Gasteiger partial charge in [-0.25, -0.2) is 0 Å². The van der Waals surface area contributed by atoms with Crippen molar-refractivity contribution in [1.29, 1.82) is 0 Å². The summed E-state index contributed by atoms with van der Waals surface area (Å²) in [5, 5.41) is 0. The minimum Gasteiger partial charge on any atom is -0.0957 e. The molecule has 14 heavy (non-hydrogen) atoms. The number of allylic oxidation sites excluding steroid dienone is 2. The van der Waals surface area contributed by atoms with Crippen LogP contribution in [0.4, 0.5) is 0 Å². The predicted octanol–water partition coefficient (Wildman–Crippen LogP) is 4.71. The Morgan fingerprint density at radius 1 is 0.643 bits per heavy atom. The number of rotatable bonds is 0. The number of halogens is 4. The fraction of sp³-hybridized carbons (Fsp3) is 0.800. The first-order valence-corrected chi connectivity index (χ1v) is 6.02. The van der Waals surface area contributed by atoms with Crippen LogP contribution in [0.2, 0.25) is 0 Å². The zero-order valence-electron chi connectivity index (χ0n) is 8.51. The minimum absolute atomic E-state index is 0.200. The zero-order valence-corrected chi connectivity index (χ0v) is 11.5. The van der Waals surface area contributed by atoms with Crippen molar-refractivity contribution < 1.29 is 0 Å². The van der Waals surface area contributed by atoms with E-state index in [2.05, 4.69) is 0 Å². The van der Waals surface area contributed by atoms with Crippen molar-refractivity contribution in [3.63, 3.8) is 0 Å². The fourth-order valence-electron chi connectivity index (χ4n) is 2.07. The second-order valence-electron chi connectivity index (χ2n) is 5.15. The lowest BCUT2D eigenvalue weighted by molar-refractivity contribution is 0.654. The molecule has 0 spiro atoms. The van der Waals surface area contributed by atoms with E-state index in [1.165, 1.54) is 0 Å². The quantitative estimate of drug-likeness (QED) is 0.443. The molecule has 2 aliphatic rings. The molecule has 0 N–H and O–H groups in total. The maximum absolute atomic E-state index is 6.18. The Morgan fingerprint density at radius 3 is 0.857 bits per heavy atom. The minimum atomic E-state index is -0.787. The largest absolute Gasteiger partial charge is 0.149 e. The Morgan fingerprint density at radius 2 is 0.786 bits per heavy atom. The Balaban J connectivity index is 2.51. The van der Waals surface area contributed by atoms with Gasteiger partial charge in [-0.15, -0.1) is 0 Å². The zero-order chi connectivity index (χ0) is 11.2. The van der Waals surface area contributed by atoms with Crippen LogP contribution in [-0.4, -0.2) is 8.67 Å². The van der Waals surface area contributed by atoms with Gasteiger partial charge in [-0.1, -0.05) is 74.1 Å². The second-order valence-corrected chi connectivity index (χ2v) is 7.80. The van der Waals surface area contributed by atoms with Gasteiger partial charge < -0.3 is 0 Å². The summed E-state index contributed by atoms with van der Waals surface area (Å²) in [5.74, 6) is 0. The molecule has 0 aromatic rings. The average molecular weight is 274 g/mol. The van der Waals surface area contributed by atoms with Gasteiger partial charge in [0.15, 0.2) is 0 Å². The second kappa shape index (κ2) is 2.42. The Labute approximate surface area is 105 Å². The molecule has 0 aliphatic heterocycles. The molecule has 0 heterocycles. The molecule has 0 saturated heterocycles. The number of hydrogen-bond acceptors (Lipinski definition) is 0. The van der Waals surface area contributed by atoms with Gasteiger partial charge in [0.1, 0.15) is 8.67 Å². The van der Waals surface area contributed by atoms with E-state index in [1.54, 1.807) is 0 Å². The van der Waals surface area contributed by atoms with E-state index in [-0.39, 0.29) is 10.8 Å². The van der Waals surface area contributed by atoms with Crippen LogP contribution in [0.15, 0.2) is 11.1 Å². The molecule has 0 nitrogen and oxygen atoms in total. The summed E-state index contributed by atoms with van der Waals surface area (Å²) in [6.07, 6.45) is 0. The Kier molecular flexibility index (Phi) is 1.97. The van der Waals surface area contributed by atoms with Crippen LogP contribution in [0, 0.1) is 10.8 Å². The van der Waals surface area contributed by atoms with Crippen molar-refractivity contribution in [1.82, 2.24) is 0 Å². The van der Waals surface area contributed by atoms with Crippen LogP contribution < -0.4 is 0 Å². The molecule has 0 aromatic carbocycles. The highest BCUT2D eigenvalue weighted by molar-refractivity contribution is 6.58. The molecule has 2 rings (SSSR count). The van der Waals surface area contributed by atoms with Gasteiger partial charge in [0, 0.05) is 10.8 Å². The molecule has 0 amide bonds. The summed E-state index contributed by atoms with van der Waals surface area (Å²) in [6, 6.07) is 0. The lowest BCUT2D eigenvalue weighted by Crippen LogP contribution is -1.96. The average Bonchev–Trinajstić information content (AvgIpc) is 2.46. The fourth-order valence-corrected chi connectivity index (χ4v) is 3.58. The molecule has 0 atom stereocenters. The van der Waals surface area contributed by atoms with Crippen LogP contribution in [0.3, 0.4) is 0 Å². The van der Waals surface area contributed by atoms with Gasteiger partial charge in [0.05, 0.1) is 0 Å². The Bertz CT molecular complexity index is 281. The first kappa shape index (κ1) is 11.4. The summed E-state index contributed by atoms with van der Waals surface area (Å²) >= 11 is 24.7. The maximum Gasteiger partial charge on any atom is 0.149 e. The van der Waals surface area contributed by atoms with Gasteiger partial charge in [-0.3, -0.25) is 0 Å². The summed E-state index contributed by atoms with van der Waals surface area (Å²) in [6.45, 7) is 8.03. The van der Waals surface area contributed by atoms with Crippen LogP contribution >= 0.6 is 46.4 Å². The van der Waals surface area contributed by atoms with Crippen molar-refractivity contribution in [2.75, 3.05) is 0 Å². The predicted molar refractivity (Wildman–Crippen MR) is 63.5 cm³/mol. The molecule has 2 aliphatic carbocycles. The molecule has 0 radical (unpaired) electrons. The van der Waals surface area contributed by atoms with E-state index >= 15 is 0 Å². The van der Waals surface area contributed by atoms with Gasteiger partial charge in [0.2, 0.25) is 0 Å². The molecule has 0 unspecified atom stereocenters. The molecule has 2 fully saturated rings. The van der Waals surface area contributed by atoms with Crippen molar-refractivity contribution in [3.05, 3.63) is 11.1 Å². The SMILES string of the molecule is CC1(C)/C(=C2\C(C)(C)C2(Cl)Cl)C1(Cl)Cl. The van der Waals surface area contributed by atoms with Crippen LogP contribution in [0.1, 0.15) is 27.7 Å². The van der Waals surface area contributed by atoms with Gasteiger partial charge in [-0.2, -0.15) is 0 Å². The molecular weight excluding hydrogens is 262 g/mol. The van der Waals surface area contributed by atoms with Crippen molar-refractivity contribution in [2.24, 2.45) is 10.8 Å². The number of hydrogen-bond donors (Lipinski definition) is 0. The highest BCUT2D eigenvalue weighted by atomic mass is 35.5. The van der Waals surface area contributed by atoms with E-state index in [1.807, 2.05) is 27.7 Å². The van der Waals surface area contributed by atoms with Crippen LogP contribution in [0.5, 0.6) is 0 Å². The molecule has 0 bridgehead atoms. The lowest BCUT2D eigenvalue weighted by atomic mass is 10.1. The molecule has 4 heteroatoms. The molecule has 80 valence electrons. The topological polar surface area (TPSA) is 0 Å². The van der Waals surface area contributed by atoms with Gasteiger partial charge in [0.25, 0.3) is 0 Å². The summed E-state index contributed by atoms with van der Waals surface area (Å²) in [7, 11) is 0. The van der Waals surface area contributed by atoms with E-state index in [9.17, 15) is 0 Å². The van der Waals surface area contributed by atoms with E-state index in [0.717, 1.165) is 11.1 Å². The summed E-state index contributed by atoms with van der Waals surface area (Å²) in [5.41, 5.74) is 1.61. The molecule has 2 saturated carbocycles.